The molecule has 0 unspecified atom stereocenters. The summed E-state index contributed by atoms with van der Waals surface area (Å²) >= 11 is 1.59. The first-order valence-electron chi connectivity index (χ1n) is 6.48. The predicted octanol–water partition coefficient (Wildman–Crippen LogP) is 3.79. The molecule has 2 rings (SSSR count). The Bertz CT molecular complexity index is 702. The number of benzene rings is 1. The number of pyridine rings is 1. The molecule has 110 valence electrons. The second kappa shape index (κ2) is 6.13. The standard InChI is InChI=1S/C15H17N3O2S/c1-9-4-5-12(16)6-14(9)21-8-13-11(3)15(18(19)20)10(2)7-17-13/h4-7H,8,16H2,1-3H3. The highest BCUT2D eigenvalue weighted by molar-refractivity contribution is 7.98. The molecule has 0 atom stereocenters. The molecule has 1 aromatic heterocycles. The highest BCUT2D eigenvalue weighted by atomic mass is 32.2. The van der Waals surface area contributed by atoms with E-state index in [9.17, 15) is 10.1 Å². The summed E-state index contributed by atoms with van der Waals surface area (Å²) in [7, 11) is 0. The van der Waals surface area contributed by atoms with Crippen LogP contribution in [0.4, 0.5) is 11.4 Å². The monoisotopic (exact) mass is 303 g/mol. The molecule has 21 heavy (non-hydrogen) atoms. The quantitative estimate of drug-likeness (QED) is 0.402. The van der Waals surface area contributed by atoms with E-state index in [0.29, 0.717) is 22.6 Å². The summed E-state index contributed by atoms with van der Waals surface area (Å²) in [5.74, 6) is 0.581. The van der Waals surface area contributed by atoms with Gasteiger partial charge in [0.1, 0.15) is 0 Å². The number of nitrogen functional groups attached to an aromatic ring is 1. The molecule has 0 amide bonds. The molecule has 1 heterocycles. The van der Waals surface area contributed by atoms with Crippen LogP contribution in [0.1, 0.15) is 22.4 Å². The van der Waals surface area contributed by atoms with Gasteiger partial charge < -0.3 is 5.73 Å². The maximum absolute atomic E-state index is 11.1. The first kappa shape index (κ1) is 15.3. The Hall–Kier alpha value is -2.08. The molecule has 6 heteroatoms. The summed E-state index contributed by atoms with van der Waals surface area (Å²) in [6, 6.07) is 5.74. The van der Waals surface area contributed by atoms with E-state index in [1.54, 1.807) is 31.8 Å². The lowest BCUT2D eigenvalue weighted by Gasteiger charge is -2.09. The molecule has 0 radical (unpaired) electrons. The molecule has 0 saturated carbocycles. The molecule has 1 aromatic carbocycles. The van der Waals surface area contributed by atoms with Crippen molar-refractivity contribution >= 4 is 23.1 Å². The molecule has 0 aliphatic rings. The molecule has 0 fully saturated rings. The molecule has 0 aliphatic heterocycles. The zero-order valence-corrected chi connectivity index (χ0v) is 13.0. The number of hydrogen-bond acceptors (Lipinski definition) is 5. The number of nitrogens with two attached hydrogens (primary N) is 1. The van der Waals surface area contributed by atoms with Gasteiger partial charge in [0, 0.05) is 33.7 Å². The van der Waals surface area contributed by atoms with E-state index < -0.39 is 0 Å². The second-order valence-electron chi connectivity index (χ2n) is 4.93. The van der Waals surface area contributed by atoms with Crippen molar-refractivity contribution in [2.75, 3.05) is 5.73 Å². The van der Waals surface area contributed by atoms with Crippen LogP contribution in [-0.4, -0.2) is 9.91 Å². The van der Waals surface area contributed by atoms with Gasteiger partial charge in [-0.1, -0.05) is 6.07 Å². The number of aryl methyl sites for hydroxylation is 2. The van der Waals surface area contributed by atoms with Crippen LogP contribution in [0.3, 0.4) is 0 Å². The van der Waals surface area contributed by atoms with E-state index >= 15 is 0 Å². The van der Waals surface area contributed by atoms with Crippen LogP contribution in [0, 0.1) is 30.9 Å². The predicted molar refractivity (Wildman–Crippen MR) is 85.5 cm³/mol. The molecule has 2 aromatic rings. The van der Waals surface area contributed by atoms with Crippen molar-refractivity contribution in [3.05, 3.63) is 56.9 Å². The molecule has 0 bridgehead atoms. The number of nitrogens with zero attached hydrogens (tertiary/aromatic N) is 2. The topological polar surface area (TPSA) is 82.0 Å². The summed E-state index contributed by atoms with van der Waals surface area (Å²) < 4.78 is 0. The van der Waals surface area contributed by atoms with Gasteiger partial charge in [0.05, 0.1) is 10.6 Å². The largest absolute Gasteiger partial charge is 0.399 e. The van der Waals surface area contributed by atoms with Gasteiger partial charge in [-0.3, -0.25) is 15.1 Å². The van der Waals surface area contributed by atoms with Crippen LogP contribution >= 0.6 is 11.8 Å². The molecule has 2 N–H and O–H groups in total. The van der Waals surface area contributed by atoms with Crippen molar-refractivity contribution < 1.29 is 4.92 Å². The van der Waals surface area contributed by atoms with Gasteiger partial charge in [0.25, 0.3) is 5.69 Å². The first-order valence-corrected chi connectivity index (χ1v) is 7.47. The van der Waals surface area contributed by atoms with Gasteiger partial charge in [0.15, 0.2) is 0 Å². The third-order valence-corrected chi connectivity index (χ3v) is 4.50. The molecular weight excluding hydrogens is 286 g/mol. The van der Waals surface area contributed by atoms with E-state index in [2.05, 4.69) is 4.98 Å². The highest BCUT2D eigenvalue weighted by Gasteiger charge is 2.18. The number of anilines is 1. The maximum atomic E-state index is 11.1. The normalized spacial score (nSPS) is 10.6. The summed E-state index contributed by atoms with van der Waals surface area (Å²) in [5, 5.41) is 11.1. The fourth-order valence-electron chi connectivity index (χ4n) is 2.11. The van der Waals surface area contributed by atoms with Gasteiger partial charge in [-0.2, -0.15) is 0 Å². The third kappa shape index (κ3) is 3.33. The van der Waals surface area contributed by atoms with Crippen LogP contribution in [-0.2, 0) is 5.75 Å². The fourth-order valence-corrected chi connectivity index (χ4v) is 3.21. The lowest BCUT2D eigenvalue weighted by atomic mass is 10.1. The number of rotatable bonds is 4. The Morgan fingerprint density at radius 2 is 2.00 bits per heavy atom. The molecular formula is C15H17N3O2S. The fraction of sp³-hybridized carbons (Fsp3) is 0.267. The Labute approximate surface area is 127 Å². The van der Waals surface area contributed by atoms with Crippen molar-refractivity contribution in [3.8, 4) is 0 Å². The lowest BCUT2D eigenvalue weighted by Crippen LogP contribution is -2.01. The highest BCUT2D eigenvalue weighted by Crippen LogP contribution is 2.31. The summed E-state index contributed by atoms with van der Waals surface area (Å²) in [5.41, 5.74) is 9.75. The van der Waals surface area contributed by atoms with E-state index in [4.69, 9.17) is 5.73 Å². The summed E-state index contributed by atoms with van der Waals surface area (Å²) in [6.07, 6.45) is 1.56. The van der Waals surface area contributed by atoms with Crippen molar-refractivity contribution in [1.82, 2.24) is 4.98 Å². The number of nitro groups is 1. The van der Waals surface area contributed by atoms with Crippen LogP contribution < -0.4 is 5.73 Å². The van der Waals surface area contributed by atoms with Gasteiger partial charge in [-0.25, -0.2) is 0 Å². The maximum Gasteiger partial charge on any atom is 0.278 e. The minimum absolute atomic E-state index is 0.157. The van der Waals surface area contributed by atoms with E-state index in [-0.39, 0.29) is 10.6 Å². The molecule has 0 spiro atoms. The van der Waals surface area contributed by atoms with Crippen molar-refractivity contribution in [1.29, 1.82) is 0 Å². The van der Waals surface area contributed by atoms with Crippen LogP contribution in [0.2, 0.25) is 0 Å². The van der Waals surface area contributed by atoms with Gasteiger partial charge >= 0.3 is 0 Å². The van der Waals surface area contributed by atoms with E-state index in [0.717, 1.165) is 16.2 Å². The van der Waals surface area contributed by atoms with E-state index in [1.165, 1.54) is 0 Å². The van der Waals surface area contributed by atoms with Crippen molar-refractivity contribution in [3.63, 3.8) is 0 Å². The van der Waals surface area contributed by atoms with Crippen LogP contribution in [0.15, 0.2) is 29.3 Å². The lowest BCUT2D eigenvalue weighted by molar-refractivity contribution is -0.386. The van der Waals surface area contributed by atoms with Gasteiger partial charge in [0.2, 0.25) is 0 Å². The average molecular weight is 303 g/mol. The summed E-state index contributed by atoms with van der Waals surface area (Å²) in [6.45, 7) is 5.47. The zero-order chi connectivity index (χ0) is 15.6. The Morgan fingerprint density at radius 1 is 1.29 bits per heavy atom. The number of thioether (sulfide) groups is 1. The second-order valence-corrected chi connectivity index (χ2v) is 5.95. The van der Waals surface area contributed by atoms with Gasteiger partial charge in [-0.05, 0) is 38.5 Å². The zero-order valence-electron chi connectivity index (χ0n) is 12.2. The van der Waals surface area contributed by atoms with Crippen LogP contribution in [0.5, 0.6) is 0 Å². The van der Waals surface area contributed by atoms with Crippen LogP contribution in [0.25, 0.3) is 0 Å². The van der Waals surface area contributed by atoms with Crippen molar-refractivity contribution in [2.24, 2.45) is 0 Å². The average Bonchev–Trinajstić information content (AvgIpc) is 2.41. The molecule has 5 nitrogen and oxygen atoms in total. The van der Waals surface area contributed by atoms with E-state index in [1.807, 2.05) is 25.1 Å². The smallest absolute Gasteiger partial charge is 0.278 e. The first-order chi connectivity index (χ1) is 9.90. The third-order valence-electron chi connectivity index (χ3n) is 3.33. The Balaban J connectivity index is 2.27. The number of aromatic nitrogens is 1. The van der Waals surface area contributed by atoms with Gasteiger partial charge in [-0.15, -0.1) is 11.8 Å². The Morgan fingerprint density at radius 3 is 2.67 bits per heavy atom. The molecule has 0 saturated heterocycles. The minimum Gasteiger partial charge on any atom is -0.399 e. The summed E-state index contributed by atoms with van der Waals surface area (Å²) in [4.78, 5) is 16.2. The van der Waals surface area contributed by atoms with Crippen molar-refractivity contribution in [2.45, 2.75) is 31.4 Å². The minimum atomic E-state index is -0.341. The SMILES string of the molecule is Cc1ccc(N)cc1SCc1ncc(C)c([N+](=O)[O-])c1C. The Kier molecular flexibility index (Phi) is 4.47. The molecule has 0 aliphatic carbocycles. The number of hydrogen-bond donors (Lipinski definition) is 1.